The molecule has 0 spiro atoms. The van der Waals surface area contributed by atoms with Crippen LogP contribution in [0.15, 0.2) is 29.2 Å². The third-order valence-corrected chi connectivity index (χ3v) is 4.95. The highest BCUT2D eigenvalue weighted by Gasteiger charge is 2.20. The average Bonchev–Trinajstić information content (AvgIpc) is 2.47. The first-order valence-corrected chi connectivity index (χ1v) is 9.04. The summed E-state index contributed by atoms with van der Waals surface area (Å²) in [5.74, 6) is -0.153. The van der Waals surface area contributed by atoms with Crippen LogP contribution in [-0.4, -0.2) is 38.9 Å². The third-order valence-electron chi connectivity index (χ3n) is 4.04. The van der Waals surface area contributed by atoms with E-state index in [2.05, 4.69) is 10.2 Å². The van der Waals surface area contributed by atoms with Crippen LogP contribution in [-0.2, 0) is 14.8 Å². The Morgan fingerprint density at radius 2 is 2.00 bits per heavy atom. The van der Waals surface area contributed by atoms with Gasteiger partial charge in [-0.25, -0.2) is 13.6 Å². The Kier molecular flexibility index (Phi) is 5.55. The summed E-state index contributed by atoms with van der Waals surface area (Å²) >= 11 is 0. The van der Waals surface area contributed by atoms with E-state index in [0.29, 0.717) is 18.3 Å². The lowest BCUT2D eigenvalue weighted by molar-refractivity contribution is -0.117. The zero-order valence-electron chi connectivity index (χ0n) is 12.8. The molecule has 1 saturated carbocycles. The Hall–Kier alpha value is -1.44. The smallest absolute Gasteiger partial charge is 0.238 e. The van der Waals surface area contributed by atoms with E-state index in [4.69, 9.17) is 5.14 Å². The summed E-state index contributed by atoms with van der Waals surface area (Å²) in [6.45, 7) is 0.296. The lowest BCUT2D eigenvalue weighted by Gasteiger charge is -2.30. The molecule has 1 aliphatic rings. The van der Waals surface area contributed by atoms with Gasteiger partial charge in [-0.15, -0.1) is 0 Å². The summed E-state index contributed by atoms with van der Waals surface area (Å²) in [7, 11) is -1.81. The number of hydrogen-bond donors (Lipinski definition) is 2. The number of rotatable bonds is 5. The Bertz CT molecular complexity index is 625. The average molecular weight is 325 g/mol. The fourth-order valence-electron chi connectivity index (χ4n) is 2.83. The van der Waals surface area contributed by atoms with Crippen molar-refractivity contribution in [2.45, 2.75) is 43.0 Å². The van der Waals surface area contributed by atoms with Crippen molar-refractivity contribution in [2.75, 3.05) is 18.9 Å². The molecule has 6 nitrogen and oxygen atoms in total. The molecule has 0 aromatic heterocycles. The van der Waals surface area contributed by atoms with Crippen molar-refractivity contribution in [3.05, 3.63) is 24.3 Å². The minimum atomic E-state index is -3.76. The van der Waals surface area contributed by atoms with Gasteiger partial charge in [0.25, 0.3) is 0 Å². The number of benzene rings is 1. The number of anilines is 1. The lowest BCUT2D eigenvalue weighted by atomic mass is 9.94. The van der Waals surface area contributed by atoms with Gasteiger partial charge in [0.15, 0.2) is 0 Å². The van der Waals surface area contributed by atoms with Crippen LogP contribution in [0.5, 0.6) is 0 Å². The maximum Gasteiger partial charge on any atom is 0.238 e. The first-order chi connectivity index (χ1) is 10.4. The highest BCUT2D eigenvalue weighted by atomic mass is 32.2. The van der Waals surface area contributed by atoms with Gasteiger partial charge < -0.3 is 5.32 Å². The highest BCUT2D eigenvalue weighted by Crippen LogP contribution is 2.21. The number of nitrogens with zero attached hydrogens (tertiary/aromatic N) is 1. The molecule has 0 radical (unpaired) electrons. The van der Waals surface area contributed by atoms with Gasteiger partial charge in [-0.05, 0) is 38.1 Å². The van der Waals surface area contributed by atoms with Crippen LogP contribution in [0.3, 0.4) is 0 Å². The normalized spacial score (nSPS) is 16.7. The second-order valence-corrected chi connectivity index (χ2v) is 7.39. The van der Waals surface area contributed by atoms with Crippen LogP contribution in [0.1, 0.15) is 32.1 Å². The van der Waals surface area contributed by atoms with Crippen LogP contribution in [0.2, 0.25) is 0 Å². The van der Waals surface area contributed by atoms with Gasteiger partial charge >= 0.3 is 0 Å². The van der Waals surface area contributed by atoms with E-state index in [1.807, 2.05) is 7.05 Å². The molecule has 0 saturated heterocycles. The number of carbonyl (C=O) groups excluding carboxylic acids is 1. The van der Waals surface area contributed by atoms with Gasteiger partial charge in [0.2, 0.25) is 15.9 Å². The number of sulfonamides is 1. The molecule has 1 aromatic carbocycles. The lowest BCUT2D eigenvalue weighted by Crippen LogP contribution is -2.39. The standard InChI is InChI=1S/C15H23N3O3S/c1-18(13-7-3-2-4-8-13)11-15(19)17-12-6-5-9-14(10-12)22(16,20)21/h5-6,9-10,13H,2-4,7-8,11H2,1H3,(H,17,19)(H2,16,20,21). The first kappa shape index (κ1) is 16.9. The maximum atomic E-state index is 12.1. The summed E-state index contributed by atoms with van der Waals surface area (Å²) in [6.07, 6.45) is 5.96. The fraction of sp³-hybridized carbons (Fsp3) is 0.533. The van der Waals surface area contributed by atoms with Crippen LogP contribution in [0, 0.1) is 0 Å². The molecule has 0 atom stereocenters. The minimum Gasteiger partial charge on any atom is -0.325 e. The summed E-state index contributed by atoms with van der Waals surface area (Å²) in [5.41, 5.74) is 0.438. The van der Waals surface area contributed by atoms with Gasteiger partial charge in [0.1, 0.15) is 0 Å². The molecule has 0 unspecified atom stereocenters. The molecule has 7 heteroatoms. The predicted molar refractivity (Wildman–Crippen MR) is 85.9 cm³/mol. The Labute approximate surface area is 131 Å². The van der Waals surface area contributed by atoms with Crippen molar-refractivity contribution in [3.8, 4) is 0 Å². The second-order valence-electron chi connectivity index (χ2n) is 5.83. The third kappa shape index (κ3) is 4.79. The van der Waals surface area contributed by atoms with Crippen molar-refractivity contribution in [3.63, 3.8) is 0 Å². The summed E-state index contributed by atoms with van der Waals surface area (Å²) in [4.78, 5) is 14.2. The summed E-state index contributed by atoms with van der Waals surface area (Å²) < 4.78 is 22.6. The van der Waals surface area contributed by atoms with E-state index in [0.717, 1.165) is 12.8 Å². The number of amides is 1. The monoisotopic (exact) mass is 325 g/mol. The van der Waals surface area contributed by atoms with Crippen molar-refractivity contribution in [1.29, 1.82) is 0 Å². The minimum absolute atomic E-state index is 0.00839. The van der Waals surface area contributed by atoms with E-state index in [9.17, 15) is 13.2 Å². The van der Waals surface area contributed by atoms with Crippen LogP contribution >= 0.6 is 0 Å². The van der Waals surface area contributed by atoms with Crippen LogP contribution in [0.4, 0.5) is 5.69 Å². The summed E-state index contributed by atoms with van der Waals surface area (Å²) in [5, 5.41) is 7.81. The SMILES string of the molecule is CN(CC(=O)Nc1cccc(S(N)(=O)=O)c1)C1CCCCC1. The molecular formula is C15H23N3O3S. The van der Waals surface area contributed by atoms with Crippen molar-refractivity contribution >= 4 is 21.6 Å². The van der Waals surface area contributed by atoms with Crippen LogP contribution < -0.4 is 10.5 Å². The summed E-state index contributed by atoms with van der Waals surface area (Å²) in [6, 6.07) is 6.43. The first-order valence-electron chi connectivity index (χ1n) is 7.49. The van der Waals surface area contributed by atoms with E-state index >= 15 is 0 Å². The maximum absolute atomic E-state index is 12.1. The van der Waals surface area contributed by atoms with Crippen LogP contribution in [0.25, 0.3) is 0 Å². The molecule has 1 fully saturated rings. The van der Waals surface area contributed by atoms with E-state index in [1.54, 1.807) is 12.1 Å². The quantitative estimate of drug-likeness (QED) is 0.859. The number of carbonyl (C=O) groups is 1. The Balaban J connectivity index is 1.94. The fourth-order valence-corrected chi connectivity index (χ4v) is 3.39. The molecular weight excluding hydrogens is 302 g/mol. The number of nitrogens with two attached hydrogens (primary N) is 1. The topological polar surface area (TPSA) is 92.5 Å². The van der Waals surface area contributed by atoms with Gasteiger partial charge in [-0.3, -0.25) is 9.69 Å². The molecule has 2 rings (SSSR count). The molecule has 1 aromatic rings. The van der Waals surface area contributed by atoms with Crippen molar-refractivity contribution in [1.82, 2.24) is 4.90 Å². The van der Waals surface area contributed by atoms with E-state index < -0.39 is 10.0 Å². The molecule has 3 N–H and O–H groups in total. The van der Waals surface area contributed by atoms with Gasteiger partial charge in [0.05, 0.1) is 11.4 Å². The molecule has 0 bridgehead atoms. The van der Waals surface area contributed by atoms with E-state index in [1.165, 1.54) is 31.4 Å². The molecule has 0 aliphatic heterocycles. The Morgan fingerprint density at radius 1 is 1.32 bits per heavy atom. The number of likely N-dealkylation sites (N-methyl/N-ethyl adjacent to an activating group) is 1. The highest BCUT2D eigenvalue weighted by molar-refractivity contribution is 7.89. The zero-order chi connectivity index (χ0) is 16.2. The van der Waals surface area contributed by atoms with Crippen molar-refractivity contribution < 1.29 is 13.2 Å². The number of nitrogens with one attached hydrogen (secondary N) is 1. The molecule has 1 aliphatic carbocycles. The molecule has 0 heterocycles. The van der Waals surface area contributed by atoms with E-state index in [-0.39, 0.29) is 10.8 Å². The molecule has 122 valence electrons. The number of hydrogen-bond acceptors (Lipinski definition) is 4. The molecule has 22 heavy (non-hydrogen) atoms. The van der Waals surface area contributed by atoms with Gasteiger partial charge in [-0.1, -0.05) is 25.3 Å². The Morgan fingerprint density at radius 3 is 2.64 bits per heavy atom. The largest absolute Gasteiger partial charge is 0.325 e. The number of primary sulfonamides is 1. The predicted octanol–water partition coefficient (Wildman–Crippen LogP) is 1.54. The van der Waals surface area contributed by atoms with Crippen molar-refractivity contribution in [2.24, 2.45) is 5.14 Å². The van der Waals surface area contributed by atoms with Gasteiger partial charge in [-0.2, -0.15) is 0 Å². The second kappa shape index (κ2) is 7.21. The molecule has 1 amide bonds. The zero-order valence-corrected chi connectivity index (χ0v) is 13.6. The van der Waals surface area contributed by atoms with Gasteiger partial charge in [0, 0.05) is 11.7 Å².